The molecule has 7 heteroatoms. The minimum atomic E-state index is -0.439. The molecular formula is C35H44N4O3. The maximum Gasteiger partial charge on any atom is 0.407 e. The van der Waals surface area contributed by atoms with Gasteiger partial charge in [-0.3, -0.25) is 4.79 Å². The van der Waals surface area contributed by atoms with Gasteiger partial charge >= 0.3 is 6.09 Å². The van der Waals surface area contributed by atoms with Crippen molar-refractivity contribution < 1.29 is 14.3 Å². The van der Waals surface area contributed by atoms with E-state index in [0.29, 0.717) is 19.6 Å². The Balaban J connectivity index is 1.26. The molecule has 2 amide bonds. The number of nitrogens with one attached hydrogen (secondary N) is 2. The summed E-state index contributed by atoms with van der Waals surface area (Å²) in [5.74, 6) is 0.236. The Labute approximate surface area is 250 Å². The maximum atomic E-state index is 14.1. The molecule has 2 aliphatic rings. The topological polar surface area (TPSA) is 73.9 Å². The van der Waals surface area contributed by atoms with Crippen molar-refractivity contribution in [1.29, 1.82) is 0 Å². The first kappa shape index (κ1) is 29.8. The van der Waals surface area contributed by atoms with E-state index in [-0.39, 0.29) is 30.5 Å². The Morgan fingerprint density at radius 3 is 2.12 bits per heavy atom. The molecule has 0 saturated carbocycles. The Morgan fingerprint density at radius 1 is 0.857 bits per heavy atom. The molecule has 2 saturated heterocycles. The number of alkyl carbamates (subject to hydrolysis) is 1. The molecule has 2 atom stereocenters. The van der Waals surface area contributed by atoms with Gasteiger partial charge in [0.25, 0.3) is 0 Å². The Kier molecular flexibility index (Phi) is 11.0. The van der Waals surface area contributed by atoms with Crippen LogP contribution in [0.2, 0.25) is 0 Å². The highest BCUT2D eigenvalue weighted by Crippen LogP contribution is 2.27. The highest BCUT2D eigenvalue weighted by Gasteiger charge is 2.33. The minimum absolute atomic E-state index is 0.0264. The van der Waals surface area contributed by atoms with Crippen molar-refractivity contribution in [2.45, 2.75) is 56.7 Å². The number of hydrogen-bond donors (Lipinski definition) is 2. The van der Waals surface area contributed by atoms with Gasteiger partial charge in [0, 0.05) is 38.1 Å². The summed E-state index contributed by atoms with van der Waals surface area (Å²) in [6.45, 7) is 5.00. The van der Waals surface area contributed by atoms with Crippen LogP contribution in [0.4, 0.5) is 4.79 Å². The Hall–Kier alpha value is -3.68. The standard InChI is InChI=1S/C35H44N4O3/c40-34-33(20-23-38-21-11-4-12-22-38)37-31(25-36-35(41)42-27-28-13-5-1-6-14-28)19-24-39(34)26-32(29-15-7-2-8-16-29)30-17-9-3-10-18-30/h1-3,5-10,13-18,31-33,37H,4,11-12,19-27H2,(H,36,41)/t31-,33-/m0/s1. The maximum absolute atomic E-state index is 14.1. The average Bonchev–Trinajstić information content (AvgIpc) is 3.20. The van der Waals surface area contributed by atoms with Crippen LogP contribution in [0.3, 0.4) is 0 Å². The molecule has 2 N–H and O–H groups in total. The second-order valence-corrected chi connectivity index (χ2v) is 11.5. The lowest BCUT2D eigenvalue weighted by molar-refractivity contribution is -0.133. The van der Waals surface area contributed by atoms with Crippen LogP contribution in [-0.4, -0.2) is 73.2 Å². The Bertz CT molecular complexity index is 1200. The minimum Gasteiger partial charge on any atom is -0.445 e. The second kappa shape index (κ2) is 15.5. The molecule has 3 aromatic rings. The van der Waals surface area contributed by atoms with Gasteiger partial charge in [0.15, 0.2) is 0 Å². The molecule has 42 heavy (non-hydrogen) atoms. The van der Waals surface area contributed by atoms with Gasteiger partial charge in [-0.15, -0.1) is 0 Å². The summed E-state index contributed by atoms with van der Waals surface area (Å²) in [6, 6.07) is 30.3. The fraction of sp³-hybridized carbons (Fsp3) is 0.429. The lowest BCUT2D eigenvalue weighted by atomic mass is 9.90. The van der Waals surface area contributed by atoms with Gasteiger partial charge in [0.1, 0.15) is 6.61 Å². The van der Waals surface area contributed by atoms with Crippen molar-refractivity contribution in [3.8, 4) is 0 Å². The molecule has 0 radical (unpaired) electrons. The lowest BCUT2D eigenvalue weighted by Crippen LogP contribution is -2.50. The summed E-state index contributed by atoms with van der Waals surface area (Å²) >= 11 is 0. The van der Waals surface area contributed by atoms with Gasteiger partial charge in [0.2, 0.25) is 5.91 Å². The van der Waals surface area contributed by atoms with E-state index in [1.54, 1.807) is 0 Å². The van der Waals surface area contributed by atoms with E-state index >= 15 is 0 Å². The number of nitrogens with zero attached hydrogens (tertiary/aromatic N) is 2. The van der Waals surface area contributed by atoms with Gasteiger partial charge in [0.05, 0.1) is 6.04 Å². The normalized spacial score (nSPS) is 19.8. The largest absolute Gasteiger partial charge is 0.445 e. The number of benzene rings is 3. The average molecular weight is 569 g/mol. The second-order valence-electron chi connectivity index (χ2n) is 11.5. The number of carbonyl (C=O) groups excluding carboxylic acids is 2. The van der Waals surface area contributed by atoms with Crippen molar-refractivity contribution in [3.63, 3.8) is 0 Å². The van der Waals surface area contributed by atoms with Crippen LogP contribution >= 0.6 is 0 Å². The van der Waals surface area contributed by atoms with Crippen LogP contribution in [0.25, 0.3) is 0 Å². The summed E-state index contributed by atoms with van der Waals surface area (Å²) in [5, 5.41) is 6.56. The molecule has 222 valence electrons. The molecule has 3 aromatic carbocycles. The third kappa shape index (κ3) is 8.66. The molecule has 0 spiro atoms. The van der Waals surface area contributed by atoms with Crippen molar-refractivity contribution >= 4 is 12.0 Å². The van der Waals surface area contributed by atoms with E-state index in [0.717, 1.165) is 38.0 Å². The van der Waals surface area contributed by atoms with Gasteiger partial charge in [-0.05, 0) is 55.5 Å². The van der Waals surface area contributed by atoms with Crippen LogP contribution in [0.5, 0.6) is 0 Å². The molecule has 2 aliphatic heterocycles. The monoisotopic (exact) mass is 568 g/mol. The van der Waals surface area contributed by atoms with Crippen LogP contribution in [0.1, 0.15) is 54.7 Å². The van der Waals surface area contributed by atoms with Gasteiger partial charge in [-0.2, -0.15) is 0 Å². The SMILES string of the molecule is O=C(NC[C@@H]1CCN(CC(c2ccccc2)c2ccccc2)C(=O)[C@H](CCN2CCCCC2)N1)OCc1ccccc1. The van der Waals surface area contributed by atoms with Crippen molar-refractivity contribution in [2.24, 2.45) is 0 Å². The van der Waals surface area contributed by atoms with Gasteiger partial charge < -0.3 is 25.2 Å². The predicted molar refractivity (Wildman–Crippen MR) is 166 cm³/mol. The third-order valence-electron chi connectivity index (χ3n) is 8.49. The molecule has 0 bridgehead atoms. The number of hydrogen-bond acceptors (Lipinski definition) is 5. The summed E-state index contributed by atoms with van der Waals surface area (Å²) in [7, 11) is 0. The number of ether oxygens (including phenoxy) is 1. The van der Waals surface area contributed by atoms with Gasteiger partial charge in [-0.1, -0.05) is 97.4 Å². The molecule has 0 unspecified atom stereocenters. The highest BCUT2D eigenvalue weighted by atomic mass is 16.5. The quantitative estimate of drug-likeness (QED) is 0.334. The van der Waals surface area contributed by atoms with Crippen molar-refractivity contribution in [1.82, 2.24) is 20.4 Å². The number of carbonyl (C=O) groups is 2. The third-order valence-corrected chi connectivity index (χ3v) is 8.49. The number of piperidine rings is 1. The van der Waals surface area contributed by atoms with E-state index in [4.69, 9.17) is 4.74 Å². The molecule has 0 aromatic heterocycles. The Morgan fingerprint density at radius 2 is 1.48 bits per heavy atom. The zero-order valence-corrected chi connectivity index (χ0v) is 24.5. The molecule has 2 heterocycles. The smallest absolute Gasteiger partial charge is 0.407 e. The first-order valence-electron chi connectivity index (χ1n) is 15.5. The summed E-state index contributed by atoms with van der Waals surface area (Å²) < 4.78 is 5.44. The van der Waals surface area contributed by atoms with E-state index in [2.05, 4.69) is 64.1 Å². The van der Waals surface area contributed by atoms with Crippen molar-refractivity contribution in [2.75, 3.05) is 39.3 Å². The zero-order chi connectivity index (χ0) is 29.0. The fourth-order valence-corrected chi connectivity index (χ4v) is 6.10. The lowest BCUT2D eigenvalue weighted by Gasteiger charge is -2.31. The first-order valence-corrected chi connectivity index (χ1v) is 15.5. The number of likely N-dealkylation sites (tertiary alicyclic amines) is 1. The molecule has 0 aliphatic carbocycles. The van der Waals surface area contributed by atoms with E-state index in [1.807, 2.05) is 47.4 Å². The van der Waals surface area contributed by atoms with Crippen LogP contribution < -0.4 is 10.6 Å². The number of amides is 2. The fourth-order valence-electron chi connectivity index (χ4n) is 6.10. The van der Waals surface area contributed by atoms with Crippen LogP contribution in [0.15, 0.2) is 91.0 Å². The number of rotatable bonds is 11. The van der Waals surface area contributed by atoms with Crippen LogP contribution in [0, 0.1) is 0 Å². The summed E-state index contributed by atoms with van der Waals surface area (Å²) in [6.07, 6.45) is 4.81. The highest BCUT2D eigenvalue weighted by molar-refractivity contribution is 5.82. The predicted octanol–water partition coefficient (Wildman–Crippen LogP) is 5.18. The summed E-state index contributed by atoms with van der Waals surface area (Å²) in [5.41, 5.74) is 3.36. The van der Waals surface area contributed by atoms with Crippen LogP contribution in [-0.2, 0) is 16.1 Å². The summed E-state index contributed by atoms with van der Waals surface area (Å²) in [4.78, 5) is 31.1. The van der Waals surface area contributed by atoms with E-state index < -0.39 is 6.09 Å². The van der Waals surface area contributed by atoms with E-state index in [1.165, 1.54) is 30.4 Å². The molecule has 2 fully saturated rings. The molecular weight excluding hydrogens is 524 g/mol. The zero-order valence-electron chi connectivity index (χ0n) is 24.5. The van der Waals surface area contributed by atoms with Crippen molar-refractivity contribution in [3.05, 3.63) is 108 Å². The van der Waals surface area contributed by atoms with E-state index in [9.17, 15) is 9.59 Å². The first-order chi connectivity index (χ1) is 20.7. The molecule has 5 rings (SSSR count). The molecule has 7 nitrogen and oxygen atoms in total. The van der Waals surface area contributed by atoms with Gasteiger partial charge in [-0.25, -0.2) is 4.79 Å².